The van der Waals surface area contributed by atoms with Gasteiger partial charge in [0.2, 0.25) is 11.8 Å². The van der Waals surface area contributed by atoms with Gasteiger partial charge in [0, 0.05) is 24.2 Å². The number of piperidine rings is 1. The van der Waals surface area contributed by atoms with E-state index in [0.717, 1.165) is 0 Å². The quantitative estimate of drug-likeness (QED) is 0.795. The number of carbonyl (C=O) groups is 4. The van der Waals surface area contributed by atoms with E-state index in [1.54, 1.807) is 42.5 Å². The van der Waals surface area contributed by atoms with E-state index in [1.807, 2.05) is 6.07 Å². The Kier molecular flexibility index (Phi) is 4.52. The van der Waals surface area contributed by atoms with E-state index < -0.39 is 18.0 Å². The average molecular weight is 379 g/mol. The maximum absolute atomic E-state index is 12.6. The second-order valence-corrected chi connectivity index (χ2v) is 6.60. The van der Waals surface area contributed by atoms with E-state index in [9.17, 15) is 19.2 Å². The summed E-state index contributed by atoms with van der Waals surface area (Å²) < 4.78 is 5.19. The molecule has 2 N–H and O–H groups in total. The minimum Gasteiger partial charge on any atom is -0.410 e. The summed E-state index contributed by atoms with van der Waals surface area (Å²) in [4.78, 5) is 49.5. The van der Waals surface area contributed by atoms with Crippen LogP contribution in [0.1, 0.15) is 28.8 Å². The average Bonchev–Trinajstić information content (AvgIpc) is 2.98. The number of fused-ring (bicyclic) bond motifs is 1. The van der Waals surface area contributed by atoms with Crippen LogP contribution in [0.4, 0.5) is 10.5 Å². The molecule has 0 radical (unpaired) electrons. The van der Waals surface area contributed by atoms with Crippen molar-refractivity contribution in [2.24, 2.45) is 0 Å². The first-order chi connectivity index (χ1) is 13.5. The van der Waals surface area contributed by atoms with Gasteiger partial charge in [0.1, 0.15) is 11.8 Å². The second kappa shape index (κ2) is 7.15. The molecule has 2 aliphatic rings. The fourth-order valence-corrected chi connectivity index (χ4v) is 3.39. The van der Waals surface area contributed by atoms with E-state index >= 15 is 0 Å². The molecule has 2 aliphatic heterocycles. The summed E-state index contributed by atoms with van der Waals surface area (Å²) in [5.41, 5.74) is 1.66. The van der Waals surface area contributed by atoms with E-state index in [1.165, 1.54) is 4.90 Å². The van der Waals surface area contributed by atoms with Crippen molar-refractivity contribution in [3.8, 4) is 5.75 Å². The molecular weight excluding hydrogens is 362 g/mol. The van der Waals surface area contributed by atoms with Crippen LogP contribution < -0.4 is 15.4 Å². The number of anilines is 1. The molecule has 1 saturated heterocycles. The zero-order chi connectivity index (χ0) is 19.7. The third-order valence-corrected chi connectivity index (χ3v) is 4.72. The molecule has 4 amide bonds. The van der Waals surface area contributed by atoms with Crippen LogP contribution in [0.15, 0.2) is 48.5 Å². The highest BCUT2D eigenvalue weighted by atomic mass is 16.6. The maximum Gasteiger partial charge on any atom is 0.417 e. The van der Waals surface area contributed by atoms with Crippen LogP contribution in [0.5, 0.6) is 5.75 Å². The Morgan fingerprint density at radius 1 is 1.11 bits per heavy atom. The van der Waals surface area contributed by atoms with Crippen molar-refractivity contribution in [1.82, 2.24) is 10.2 Å². The van der Waals surface area contributed by atoms with Crippen LogP contribution in [-0.4, -0.2) is 34.8 Å². The highest BCUT2D eigenvalue weighted by molar-refractivity contribution is 6.05. The standard InChI is InChI=1S/C20H17N3O5/c24-17-9-8-16(18(25)22-17)23-11-12-10-13(6-7-15(12)19(23)26)21-20(27)28-14-4-2-1-3-5-14/h1-7,10,16H,8-9,11H2,(H,21,27)(H,22,24,25). The van der Waals surface area contributed by atoms with Crippen molar-refractivity contribution in [3.63, 3.8) is 0 Å². The lowest BCUT2D eigenvalue weighted by molar-refractivity contribution is -0.136. The molecule has 1 fully saturated rings. The molecule has 0 aliphatic carbocycles. The van der Waals surface area contributed by atoms with E-state index in [4.69, 9.17) is 4.74 Å². The third kappa shape index (κ3) is 3.44. The summed E-state index contributed by atoms with van der Waals surface area (Å²) in [6.07, 6.45) is -0.134. The van der Waals surface area contributed by atoms with Crippen LogP contribution >= 0.6 is 0 Å². The number of nitrogens with one attached hydrogen (secondary N) is 2. The first kappa shape index (κ1) is 17.7. The number of nitrogens with zero attached hydrogens (tertiary/aromatic N) is 1. The van der Waals surface area contributed by atoms with Gasteiger partial charge in [-0.1, -0.05) is 18.2 Å². The molecule has 1 atom stereocenters. The van der Waals surface area contributed by atoms with Gasteiger partial charge in [-0.15, -0.1) is 0 Å². The summed E-state index contributed by atoms with van der Waals surface area (Å²) in [7, 11) is 0. The summed E-state index contributed by atoms with van der Waals surface area (Å²) >= 11 is 0. The molecule has 28 heavy (non-hydrogen) atoms. The van der Waals surface area contributed by atoms with E-state index in [2.05, 4.69) is 10.6 Å². The van der Waals surface area contributed by atoms with Crippen LogP contribution in [0.25, 0.3) is 0 Å². The highest BCUT2D eigenvalue weighted by Gasteiger charge is 2.39. The molecule has 1 unspecified atom stereocenters. The summed E-state index contributed by atoms with van der Waals surface area (Å²) in [5, 5.41) is 4.90. The lowest BCUT2D eigenvalue weighted by Crippen LogP contribution is -2.52. The fraction of sp³-hybridized carbons (Fsp3) is 0.200. The highest BCUT2D eigenvalue weighted by Crippen LogP contribution is 2.29. The SMILES string of the molecule is O=C1CCC(N2Cc3cc(NC(=O)Oc4ccccc4)ccc3C2=O)C(=O)N1. The molecule has 142 valence electrons. The molecule has 0 aromatic heterocycles. The molecule has 8 heteroatoms. The van der Waals surface area contributed by atoms with Crippen molar-refractivity contribution < 1.29 is 23.9 Å². The van der Waals surface area contributed by atoms with Gasteiger partial charge in [0.05, 0.1) is 0 Å². The number of imide groups is 1. The zero-order valence-corrected chi connectivity index (χ0v) is 14.8. The Labute approximate surface area is 160 Å². The lowest BCUT2D eigenvalue weighted by atomic mass is 10.0. The first-order valence-corrected chi connectivity index (χ1v) is 8.83. The monoisotopic (exact) mass is 379 g/mol. The Morgan fingerprint density at radius 3 is 2.64 bits per heavy atom. The minimum atomic E-state index is -0.669. The first-order valence-electron chi connectivity index (χ1n) is 8.83. The maximum atomic E-state index is 12.6. The number of benzene rings is 2. The largest absolute Gasteiger partial charge is 0.417 e. The Bertz CT molecular complexity index is 973. The molecule has 0 bridgehead atoms. The Balaban J connectivity index is 1.45. The van der Waals surface area contributed by atoms with Crippen molar-refractivity contribution in [1.29, 1.82) is 0 Å². The van der Waals surface area contributed by atoms with Crippen LogP contribution in [0.2, 0.25) is 0 Å². The molecule has 2 heterocycles. The van der Waals surface area contributed by atoms with Gasteiger partial charge >= 0.3 is 6.09 Å². The van der Waals surface area contributed by atoms with Crippen LogP contribution in [0.3, 0.4) is 0 Å². The lowest BCUT2D eigenvalue weighted by Gasteiger charge is -2.29. The number of rotatable bonds is 3. The predicted octanol–water partition coefficient (Wildman–Crippen LogP) is 2.06. The molecule has 8 nitrogen and oxygen atoms in total. The number of amides is 4. The number of para-hydroxylation sites is 1. The third-order valence-electron chi connectivity index (χ3n) is 4.72. The van der Waals surface area contributed by atoms with Crippen LogP contribution in [0, 0.1) is 0 Å². The van der Waals surface area contributed by atoms with Gasteiger partial charge in [-0.05, 0) is 42.3 Å². The summed E-state index contributed by atoms with van der Waals surface area (Å²) in [5.74, 6) is -0.626. The van der Waals surface area contributed by atoms with Crippen molar-refractivity contribution >= 4 is 29.5 Å². The number of hydrogen-bond donors (Lipinski definition) is 2. The van der Waals surface area contributed by atoms with Gasteiger partial charge < -0.3 is 9.64 Å². The fourth-order valence-electron chi connectivity index (χ4n) is 3.39. The van der Waals surface area contributed by atoms with Crippen LogP contribution in [-0.2, 0) is 16.1 Å². The van der Waals surface area contributed by atoms with Gasteiger partial charge in [-0.2, -0.15) is 0 Å². The molecule has 0 saturated carbocycles. The van der Waals surface area contributed by atoms with Crippen molar-refractivity contribution in [2.45, 2.75) is 25.4 Å². The van der Waals surface area contributed by atoms with E-state index in [-0.39, 0.29) is 24.8 Å². The predicted molar refractivity (Wildman–Crippen MR) is 98.6 cm³/mol. The Morgan fingerprint density at radius 2 is 1.89 bits per heavy atom. The van der Waals surface area contributed by atoms with E-state index in [0.29, 0.717) is 29.0 Å². The zero-order valence-electron chi connectivity index (χ0n) is 14.8. The molecule has 2 aromatic carbocycles. The summed E-state index contributed by atoms with van der Waals surface area (Å²) in [6, 6.07) is 12.9. The minimum absolute atomic E-state index is 0.203. The molecule has 2 aromatic rings. The Hall–Kier alpha value is -3.68. The number of ether oxygens (including phenoxy) is 1. The molecule has 0 spiro atoms. The van der Waals surface area contributed by atoms with Gasteiger partial charge in [0.25, 0.3) is 5.91 Å². The molecular formula is C20H17N3O5. The normalized spacial score (nSPS) is 18.5. The molecule has 4 rings (SSSR count). The second-order valence-electron chi connectivity index (χ2n) is 6.60. The number of carbonyl (C=O) groups excluding carboxylic acids is 4. The van der Waals surface area contributed by atoms with Crippen molar-refractivity contribution in [3.05, 3.63) is 59.7 Å². The number of hydrogen-bond acceptors (Lipinski definition) is 5. The van der Waals surface area contributed by atoms with Gasteiger partial charge in [-0.3, -0.25) is 25.0 Å². The summed E-state index contributed by atoms with van der Waals surface area (Å²) in [6.45, 7) is 0.240. The topological polar surface area (TPSA) is 105 Å². The van der Waals surface area contributed by atoms with Crippen molar-refractivity contribution in [2.75, 3.05) is 5.32 Å². The smallest absolute Gasteiger partial charge is 0.410 e. The van der Waals surface area contributed by atoms with Gasteiger partial charge in [0.15, 0.2) is 0 Å². The van der Waals surface area contributed by atoms with Gasteiger partial charge in [-0.25, -0.2) is 4.79 Å².